The first-order chi connectivity index (χ1) is 13.0. The van der Waals surface area contributed by atoms with Crippen molar-refractivity contribution in [3.05, 3.63) is 68.8 Å². The Morgan fingerprint density at radius 2 is 1.81 bits per heavy atom. The van der Waals surface area contributed by atoms with Gasteiger partial charge in [-0.25, -0.2) is 9.18 Å². The Kier molecular flexibility index (Phi) is 6.09. The molecule has 0 aliphatic rings. The van der Waals surface area contributed by atoms with Crippen molar-refractivity contribution >= 4 is 50.6 Å². The normalized spacial score (nSPS) is 10.3. The monoisotopic (exact) mass is 449 g/mol. The zero-order valence-electron chi connectivity index (χ0n) is 13.7. The zero-order chi connectivity index (χ0) is 19.2. The lowest BCUT2D eigenvalue weighted by molar-refractivity contribution is 0.102. The number of hydrogen-bond acceptors (Lipinski definition) is 5. The molecule has 1 heterocycles. The topological polar surface area (TPSA) is 96.0 Å². The third-order valence-electron chi connectivity index (χ3n) is 3.25. The predicted molar refractivity (Wildman–Crippen MR) is 104 cm³/mol. The molecule has 3 N–H and O–H groups in total. The third kappa shape index (κ3) is 5.56. The largest absolute Gasteiger partial charge is 0.331 e. The fourth-order valence-electron chi connectivity index (χ4n) is 2.03. The van der Waals surface area contributed by atoms with Gasteiger partial charge in [0.25, 0.3) is 5.91 Å². The van der Waals surface area contributed by atoms with Crippen LogP contribution in [0, 0.1) is 5.82 Å². The minimum atomic E-state index is -0.455. The molecule has 0 saturated heterocycles. The van der Waals surface area contributed by atoms with Crippen LogP contribution in [0.25, 0.3) is 0 Å². The smallest absolute Gasteiger partial charge is 0.319 e. The van der Waals surface area contributed by atoms with E-state index in [4.69, 9.17) is 0 Å². The first-order valence-corrected chi connectivity index (χ1v) is 9.30. The molecule has 2 aromatic carbocycles. The van der Waals surface area contributed by atoms with Crippen molar-refractivity contribution in [1.82, 2.24) is 15.5 Å². The van der Waals surface area contributed by atoms with Gasteiger partial charge in [0, 0.05) is 15.8 Å². The van der Waals surface area contributed by atoms with E-state index in [2.05, 4.69) is 42.1 Å². The Morgan fingerprint density at radius 1 is 1.04 bits per heavy atom. The number of nitrogens with one attached hydrogen (secondary N) is 3. The Balaban J connectivity index is 1.52. The highest BCUT2D eigenvalue weighted by molar-refractivity contribution is 9.10. The lowest BCUT2D eigenvalue weighted by Gasteiger charge is -2.06. The molecule has 1 aromatic heterocycles. The van der Waals surface area contributed by atoms with Crippen molar-refractivity contribution in [2.45, 2.75) is 6.54 Å². The van der Waals surface area contributed by atoms with Crippen molar-refractivity contribution in [3.63, 3.8) is 0 Å². The van der Waals surface area contributed by atoms with Gasteiger partial charge in [0.2, 0.25) is 5.01 Å². The number of aromatic nitrogens is 2. The van der Waals surface area contributed by atoms with Crippen LogP contribution < -0.4 is 16.0 Å². The molecule has 0 aliphatic heterocycles. The Morgan fingerprint density at radius 3 is 2.56 bits per heavy atom. The number of benzene rings is 2. The summed E-state index contributed by atoms with van der Waals surface area (Å²) in [4.78, 5) is 24.0. The van der Waals surface area contributed by atoms with Crippen LogP contribution in [-0.2, 0) is 6.54 Å². The van der Waals surface area contributed by atoms with Gasteiger partial charge in [-0.1, -0.05) is 33.3 Å². The molecule has 7 nitrogen and oxygen atoms in total. The fraction of sp³-hybridized carbons (Fsp3) is 0.0588. The van der Waals surface area contributed by atoms with Crippen LogP contribution >= 0.6 is 27.3 Å². The number of rotatable bonds is 5. The first-order valence-electron chi connectivity index (χ1n) is 7.69. The highest BCUT2D eigenvalue weighted by Crippen LogP contribution is 2.16. The zero-order valence-corrected chi connectivity index (χ0v) is 16.1. The quantitative estimate of drug-likeness (QED) is 0.547. The number of carbonyl (C=O) groups is 2. The average Bonchev–Trinajstić information content (AvgIpc) is 3.11. The highest BCUT2D eigenvalue weighted by atomic mass is 79.9. The van der Waals surface area contributed by atoms with E-state index in [1.807, 2.05) is 6.07 Å². The number of carbonyl (C=O) groups excluding carboxylic acids is 2. The van der Waals surface area contributed by atoms with Gasteiger partial charge in [-0.05, 0) is 42.5 Å². The van der Waals surface area contributed by atoms with Crippen LogP contribution in [0.4, 0.5) is 20.6 Å². The second-order valence-electron chi connectivity index (χ2n) is 5.28. The molecule has 0 fully saturated rings. The van der Waals surface area contributed by atoms with Crippen LogP contribution in [0.15, 0.2) is 53.0 Å². The lowest BCUT2D eigenvalue weighted by Crippen LogP contribution is -2.28. The molecular weight excluding hydrogens is 437 g/mol. The maximum Gasteiger partial charge on any atom is 0.319 e. The van der Waals surface area contributed by atoms with Crippen molar-refractivity contribution < 1.29 is 14.0 Å². The summed E-state index contributed by atoms with van der Waals surface area (Å²) < 4.78 is 13.7. The number of nitrogens with zero attached hydrogens (tertiary/aromatic N) is 2. The standard InChI is InChI=1S/C17H13BrFN5O2S/c18-10-2-1-3-13(8-10)22-17(26)20-9-14-23-24-16(27-14)15(25)21-12-6-4-11(19)5-7-12/h1-8H,9H2,(H,21,25)(H2,20,22,26). The molecule has 0 aliphatic carbocycles. The summed E-state index contributed by atoms with van der Waals surface area (Å²) >= 11 is 4.38. The SMILES string of the molecule is O=C(NCc1nnc(C(=O)Nc2ccc(F)cc2)s1)Nc1cccc(Br)c1. The summed E-state index contributed by atoms with van der Waals surface area (Å²) in [6, 6.07) is 12.2. The van der Waals surface area contributed by atoms with Crippen LogP contribution in [0.2, 0.25) is 0 Å². The molecule has 0 spiro atoms. The van der Waals surface area contributed by atoms with Gasteiger partial charge in [-0.3, -0.25) is 4.79 Å². The van der Waals surface area contributed by atoms with Gasteiger partial charge in [-0.15, -0.1) is 10.2 Å². The number of halogens is 2. The van der Waals surface area contributed by atoms with Crippen LogP contribution in [-0.4, -0.2) is 22.1 Å². The van der Waals surface area contributed by atoms with E-state index >= 15 is 0 Å². The molecule has 10 heteroatoms. The number of urea groups is 1. The van der Waals surface area contributed by atoms with E-state index < -0.39 is 17.8 Å². The van der Waals surface area contributed by atoms with Crippen molar-refractivity contribution in [1.29, 1.82) is 0 Å². The highest BCUT2D eigenvalue weighted by Gasteiger charge is 2.14. The van der Waals surface area contributed by atoms with Crippen LogP contribution in [0.5, 0.6) is 0 Å². The van der Waals surface area contributed by atoms with Crippen molar-refractivity contribution in [2.75, 3.05) is 10.6 Å². The minimum absolute atomic E-state index is 0.126. The van der Waals surface area contributed by atoms with Gasteiger partial charge >= 0.3 is 6.03 Å². The second-order valence-corrected chi connectivity index (χ2v) is 7.26. The Bertz CT molecular complexity index is 964. The molecule has 3 rings (SSSR count). The molecule has 0 saturated carbocycles. The summed E-state index contributed by atoms with van der Waals surface area (Å²) in [6.45, 7) is 0.126. The molecule has 0 radical (unpaired) electrons. The number of amides is 3. The fourth-order valence-corrected chi connectivity index (χ4v) is 3.11. The van der Waals surface area contributed by atoms with Gasteiger partial charge in [0.1, 0.15) is 10.8 Å². The number of hydrogen-bond donors (Lipinski definition) is 3. The predicted octanol–water partition coefficient (Wildman–Crippen LogP) is 4.01. The van der Waals surface area contributed by atoms with Crippen molar-refractivity contribution in [3.8, 4) is 0 Å². The van der Waals surface area contributed by atoms with E-state index in [1.54, 1.807) is 18.2 Å². The third-order valence-corrected chi connectivity index (χ3v) is 4.66. The van der Waals surface area contributed by atoms with Crippen molar-refractivity contribution in [2.24, 2.45) is 0 Å². The molecular formula is C17H13BrFN5O2S. The Labute approximate surface area is 166 Å². The van der Waals surface area contributed by atoms with Gasteiger partial charge in [0.15, 0.2) is 0 Å². The molecule has 27 heavy (non-hydrogen) atoms. The summed E-state index contributed by atoms with van der Waals surface area (Å²) in [7, 11) is 0. The first kappa shape index (κ1) is 18.9. The minimum Gasteiger partial charge on any atom is -0.331 e. The molecule has 3 aromatic rings. The van der Waals surface area contributed by atoms with Crippen LogP contribution in [0.3, 0.4) is 0 Å². The van der Waals surface area contributed by atoms with Gasteiger partial charge in [-0.2, -0.15) is 0 Å². The van der Waals surface area contributed by atoms with Gasteiger partial charge in [0.05, 0.1) is 6.54 Å². The maximum absolute atomic E-state index is 12.9. The summed E-state index contributed by atoms with van der Waals surface area (Å²) in [5, 5.41) is 16.2. The molecule has 0 atom stereocenters. The molecule has 0 bridgehead atoms. The van der Waals surface area contributed by atoms with E-state index in [9.17, 15) is 14.0 Å². The van der Waals surface area contributed by atoms with E-state index in [-0.39, 0.29) is 11.6 Å². The maximum atomic E-state index is 12.9. The van der Waals surface area contributed by atoms with Crippen LogP contribution in [0.1, 0.15) is 14.8 Å². The lowest BCUT2D eigenvalue weighted by atomic mass is 10.3. The average molecular weight is 450 g/mol. The molecule has 0 unspecified atom stereocenters. The summed E-state index contributed by atoms with van der Waals surface area (Å²) in [5.41, 5.74) is 1.09. The Hall–Kier alpha value is -2.85. The van der Waals surface area contributed by atoms with E-state index in [0.29, 0.717) is 16.4 Å². The molecule has 138 valence electrons. The second kappa shape index (κ2) is 8.69. The molecule has 3 amide bonds. The van der Waals surface area contributed by atoms with E-state index in [1.165, 1.54) is 24.3 Å². The number of anilines is 2. The van der Waals surface area contributed by atoms with Gasteiger partial charge < -0.3 is 16.0 Å². The summed E-state index contributed by atoms with van der Waals surface area (Å²) in [5.74, 6) is -0.845. The van der Waals surface area contributed by atoms with E-state index in [0.717, 1.165) is 15.8 Å². The summed E-state index contributed by atoms with van der Waals surface area (Å²) in [6.07, 6.45) is 0.